The molecule has 0 spiro atoms. The van der Waals surface area contributed by atoms with Gasteiger partial charge < -0.3 is 14.8 Å². The molecule has 94 valence electrons. The van der Waals surface area contributed by atoms with E-state index in [1.165, 1.54) is 32.2 Å². The van der Waals surface area contributed by atoms with Crippen LogP contribution in [0.25, 0.3) is 0 Å². The Hall–Kier alpha value is -0.120. The number of methoxy groups -OCH3 is 1. The number of ether oxygens (including phenoxy) is 2. The molecule has 0 aromatic rings. The van der Waals surface area contributed by atoms with Crippen molar-refractivity contribution in [2.45, 2.75) is 32.1 Å². The predicted octanol–water partition coefficient (Wildman–Crippen LogP) is 1.82. The highest BCUT2D eigenvalue weighted by molar-refractivity contribution is 5.04. The Morgan fingerprint density at radius 3 is 2.62 bits per heavy atom. The summed E-state index contributed by atoms with van der Waals surface area (Å²) in [6, 6.07) is 0. The van der Waals surface area contributed by atoms with E-state index in [1.54, 1.807) is 7.11 Å². The van der Waals surface area contributed by atoms with Gasteiger partial charge in [0.15, 0.2) is 0 Å². The molecule has 0 radical (unpaired) electrons. The standard InChI is InChI=1S/C13H25NO2/c1-15-9-10-16-8-2-7-14-11-13(5-6-13)12-3-4-12/h12,14H,2-11H2,1H3. The third kappa shape index (κ3) is 3.72. The molecule has 0 atom stereocenters. The van der Waals surface area contributed by atoms with Crippen LogP contribution in [0.2, 0.25) is 0 Å². The highest BCUT2D eigenvalue weighted by Crippen LogP contribution is 2.60. The number of hydrogen-bond donors (Lipinski definition) is 1. The molecule has 16 heavy (non-hydrogen) atoms. The topological polar surface area (TPSA) is 30.5 Å². The largest absolute Gasteiger partial charge is 0.382 e. The number of hydrogen-bond acceptors (Lipinski definition) is 3. The minimum atomic E-state index is 0.707. The molecular weight excluding hydrogens is 202 g/mol. The van der Waals surface area contributed by atoms with Crippen LogP contribution in [0.4, 0.5) is 0 Å². The van der Waals surface area contributed by atoms with Crippen LogP contribution < -0.4 is 5.32 Å². The van der Waals surface area contributed by atoms with Crippen LogP contribution in [0.15, 0.2) is 0 Å². The monoisotopic (exact) mass is 227 g/mol. The zero-order valence-corrected chi connectivity index (χ0v) is 10.5. The van der Waals surface area contributed by atoms with E-state index in [4.69, 9.17) is 9.47 Å². The van der Waals surface area contributed by atoms with Crippen molar-refractivity contribution < 1.29 is 9.47 Å². The minimum absolute atomic E-state index is 0.707. The van der Waals surface area contributed by atoms with Gasteiger partial charge in [0, 0.05) is 20.3 Å². The molecule has 2 fully saturated rings. The second kappa shape index (κ2) is 5.99. The van der Waals surface area contributed by atoms with Crippen LogP contribution in [0.3, 0.4) is 0 Å². The summed E-state index contributed by atoms with van der Waals surface area (Å²) in [6.07, 6.45) is 7.03. The van der Waals surface area contributed by atoms with Gasteiger partial charge in [-0.2, -0.15) is 0 Å². The van der Waals surface area contributed by atoms with Crippen LogP contribution in [0, 0.1) is 11.3 Å². The SMILES string of the molecule is COCCOCCCNCC1(C2CC2)CC1. The van der Waals surface area contributed by atoms with E-state index < -0.39 is 0 Å². The van der Waals surface area contributed by atoms with E-state index in [9.17, 15) is 0 Å². The first-order chi connectivity index (χ1) is 7.87. The fourth-order valence-electron chi connectivity index (χ4n) is 2.47. The summed E-state index contributed by atoms with van der Waals surface area (Å²) >= 11 is 0. The molecule has 2 aliphatic carbocycles. The Morgan fingerprint density at radius 2 is 2.00 bits per heavy atom. The van der Waals surface area contributed by atoms with E-state index in [0.29, 0.717) is 6.61 Å². The van der Waals surface area contributed by atoms with E-state index in [0.717, 1.165) is 37.5 Å². The molecule has 3 nitrogen and oxygen atoms in total. The lowest BCUT2D eigenvalue weighted by molar-refractivity contribution is 0.0693. The lowest BCUT2D eigenvalue weighted by Gasteiger charge is -2.14. The average Bonchev–Trinajstić information content (AvgIpc) is 3.15. The molecule has 0 amide bonds. The Balaban J connectivity index is 1.38. The first kappa shape index (κ1) is 12.3. The molecule has 0 aromatic carbocycles. The van der Waals surface area contributed by atoms with Gasteiger partial charge in [-0.3, -0.25) is 0 Å². The van der Waals surface area contributed by atoms with Crippen LogP contribution in [-0.4, -0.2) is 40.0 Å². The molecule has 0 heterocycles. The van der Waals surface area contributed by atoms with Gasteiger partial charge in [-0.05, 0) is 50.0 Å². The second-order valence-corrected chi connectivity index (χ2v) is 5.27. The zero-order chi connectivity index (χ0) is 11.3. The summed E-state index contributed by atoms with van der Waals surface area (Å²) < 4.78 is 10.3. The molecule has 0 saturated heterocycles. The molecule has 2 rings (SSSR count). The Morgan fingerprint density at radius 1 is 1.19 bits per heavy atom. The maximum atomic E-state index is 5.42. The van der Waals surface area contributed by atoms with Crippen molar-refractivity contribution >= 4 is 0 Å². The summed E-state index contributed by atoms with van der Waals surface area (Å²) in [6.45, 7) is 4.63. The van der Waals surface area contributed by atoms with Gasteiger partial charge in [0.2, 0.25) is 0 Å². The zero-order valence-electron chi connectivity index (χ0n) is 10.5. The maximum Gasteiger partial charge on any atom is 0.0700 e. The van der Waals surface area contributed by atoms with Gasteiger partial charge in [-0.15, -0.1) is 0 Å². The summed E-state index contributed by atoms with van der Waals surface area (Å²) in [5.74, 6) is 1.07. The van der Waals surface area contributed by atoms with Gasteiger partial charge in [-0.25, -0.2) is 0 Å². The third-order valence-electron chi connectivity index (χ3n) is 3.89. The quantitative estimate of drug-likeness (QED) is 0.577. The normalized spacial score (nSPS) is 22.3. The second-order valence-electron chi connectivity index (χ2n) is 5.27. The fourth-order valence-corrected chi connectivity index (χ4v) is 2.47. The van der Waals surface area contributed by atoms with Crippen molar-refractivity contribution in [2.75, 3.05) is 40.0 Å². The number of rotatable bonds is 10. The molecule has 0 unspecified atom stereocenters. The fraction of sp³-hybridized carbons (Fsp3) is 1.00. The summed E-state index contributed by atoms with van der Waals surface area (Å²) in [5.41, 5.74) is 0.733. The Labute approximate surface area is 98.9 Å². The van der Waals surface area contributed by atoms with Crippen LogP contribution in [0.1, 0.15) is 32.1 Å². The molecule has 2 aliphatic rings. The van der Waals surface area contributed by atoms with Crippen molar-refractivity contribution in [3.63, 3.8) is 0 Å². The summed E-state index contributed by atoms with van der Waals surface area (Å²) in [5, 5.41) is 3.59. The van der Waals surface area contributed by atoms with Gasteiger partial charge in [0.25, 0.3) is 0 Å². The van der Waals surface area contributed by atoms with Crippen molar-refractivity contribution in [3.05, 3.63) is 0 Å². The van der Waals surface area contributed by atoms with Gasteiger partial charge >= 0.3 is 0 Å². The summed E-state index contributed by atoms with van der Waals surface area (Å²) in [4.78, 5) is 0. The molecule has 1 N–H and O–H groups in total. The third-order valence-corrected chi connectivity index (χ3v) is 3.89. The first-order valence-corrected chi connectivity index (χ1v) is 6.65. The molecule has 2 saturated carbocycles. The van der Waals surface area contributed by atoms with Crippen molar-refractivity contribution in [1.29, 1.82) is 0 Å². The summed E-state index contributed by atoms with van der Waals surface area (Å²) in [7, 11) is 1.71. The van der Waals surface area contributed by atoms with Crippen LogP contribution >= 0.6 is 0 Å². The van der Waals surface area contributed by atoms with E-state index in [2.05, 4.69) is 5.32 Å². The predicted molar refractivity (Wildman–Crippen MR) is 64.6 cm³/mol. The molecule has 0 aliphatic heterocycles. The van der Waals surface area contributed by atoms with Gasteiger partial charge in [0.05, 0.1) is 13.2 Å². The number of nitrogens with one attached hydrogen (secondary N) is 1. The first-order valence-electron chi connectivity index (χ1n) is 6.65. The van der Waals surface area contributed by atoms with E-state index in [-0.39, 0.29) is 0 Å². The lowest BCUT2D eigenvalue weighted by Crippen LogP contribution is -2.27. The highest BCUT2D eigenvalue weighted by atomic mass is 16.5. The van der Waals surface area contributed by atoms with Crippen molar-refractivity contribution in [3.8, 4) is 0 Å². The lowest BCUT2D eigenvalue weighted by atomic mass is 10.0. The highest BCUT2D eigenvalue weighted by Gasteiger charge is 2.52. The average molecular weight is 227 g/mol. The molecule has 0 aromatic heterocycles. The van der Waals surface area contributed by atoms with Gasteiger partial charge in [0.1, 0.15) is 0 Å². The maximum absolute atomic E-state index is 5.42. The van der Waals surface area contributed by atoms with Crippen molar-refractivity contribution in [1.82, 2.24) is 5.32 Å². The molecule has 3 heteroatoms. The molecular formula is C13H25NO2. The molecule has 0 bridgehead atoms. The van der Waals surface area contributed by atoms with E-state index in [1.807, 2.05) is 0 Å². The van der Waals surface area contributed by atoms with E-state index >= 15 is 0 Å². The van der Waals surface area contributed by atoms with Crippen molar-refractivity contribution in [2.24, 2.45) is 11.3 Å². The van der Waals surface area contributed by atoms with Crippen LogP contribution in [0.5, 0.6) is 0 Å². The minimum Gasteiger partial charge on any atom is -0.382 e. The van der Waals surface area contributed by atoms with Gasteiger partial charge in [-0.1, -0.05) is 0 Å². The Kier molecular flexibility index (Phi) is 4.62. The smallest absolute Gasteiger partial charge is 0.0700 e. The Bertz CT molecular complexity index is 200. The van der Waals surface area contributed by atoms with Crippen LogP contribution in [-0.2, 0) is 9.47 Å².